The van der Waals surface area contributed by atoms with Crippen LogP contribution in [0.5, 0.6) is 11.5 Å². The number of hydrogen-bond donors (Lipinski definition) is 1. The van der Waals surface area contributed by atoms with Gasteiger partial charge >= 0.3 is 0 Å². The Morgan fingerprint density at radius 2 is 1.97 bits per heavy atom. The molecule has 0 aromatic heterocycles. The fraction of sp³-hybridized carbons (Fsp3) is 0.308. The van der Waals surface area contributed by atoms with Crippen LogP contribution in [0, 0.1) is 22.6 Å². The minimum Gasteiger partial charge on any atom is -0.493 e. The average molecular weight is 448 g/mol. The number of methoxy groups -OCH3 is 1. The second-order valence-corrected chi connectivity index (χ2v) is 8.99. The molecule has 1 atom stereocenters. The van der Waals surface area contributed by atoms with E-state index in [0.29, 0.717) is 46.8 Å². The van der Waals surface area contributed by atoms with Crippen LogP contribution in [0.2, 0.25) is 0 Å². The lowest BCUT2D eigenvalue weighted by Gasteiger charge is -2.37. The van der Waals surface area contributed by atoms with Crippen LogP contribution < -0.4 is 15.2 Å². The molecule has 0 fully saturated rings. The summed E-state index contributed by atoms with van der Waals surface area (Å²) in [5, 5.41) is 9.80. The van der Waals surface area contributed by atoms with E-state index >= 15 is 0 Å². The molecule has 7 heteroatoms. The number of nitrogens with zero attached hydrogens (tertiary/aromatic N) is 1. The SMILES string of the molecule is COc1cc(C2C(C#N)=C(N)OC3=C2C(=O)CC(C)(C)C3)ccc1OCc1ccccc1F. The van der Waals surface area contributed by atoms with Crippen LogP contribution >= 0.6 is 0 Å². The molecule has 0 spiro atoms. The monoisotopic (exact) mass is 448 g/mol. The summed E-state index contributed by atoms with van der Waals surface area (Å²) in [7, 11) is 1.49. The number of halogens is 1. The number of carbonyl (C=O) groups excluding carboxylic acids is 1. The Labute approximate surface area is 192 Å². The van der Waals surface area contributed by atoms with Crippen molar-refractivity contribution in [1.29, 1.82) is 5.26 Å². The molecule has 1 unspecified atom stereocenters. The Kier molecular flexibility index (Phi) is 5.86. The third-order valence-corrected chi connectivity index (χ3v) is 5.94. The lowest BCUT2D eigenvalue weighted by Crippen LogP contribution is -2.33. The van der Waals surface area contributed by atoms with Crippen molar-refractivity contribution < 1.29 is 23.4 Å². The predicted octanol–water partition coefficient (Wildman–Crippen LogP) is 4.86. The molecule has 0 amide bonds. The van der Waals surface area contributed by atoms with Gasteiger partial charge in [-0.25, -0.2) is 4.39 Å². The highest BCUT2D eigenvalue weighted by Crippen LogP contribution is 2.48. The number of rotatable bonds is 5. The van der Waals surface area contributed by atoms with Gasteiger partial charge in [-0.15, -0.1) is 0 Å². The summed E-state index contributed by atoms with van der Waals surface area (Å²) in [6.07, 6.45) is 0.899. The van der Waals surface area contributed by atoms with Gasteiger partial charge in [0.25, 0.3) is 0 Å². The lowest BCUT2D eigenvalue weighted by molar-refractivity contribution is -0.119. The first-order valence-corrected chi connectivity index (χ1v) is 10.6. The molecule has 2 aliphatic rings. The second kappa shape index (κ2) is 8.62. The van der Waals surface area contributed by atoms with Gasteiger partial charge in [-0.2, -0.15) is 5.26 Å². The zero-order chi connectivity index (χ0) is 23.8. The summed E-state index contributed by atoms with van der Waals surface area (Å²) in [6, 6.07) is 13.7. The standard InChI is InChI=1S/C26H25FN2O4/c1-26(2)11-19(30)24-22(12-26)33-25(29)17(13-28)23(24)15-8-9-20(21(10-15)31-3)32-14-16-6-4-5-7-18(16)27/h4-10,23H,11-12,14,29H2,1-3H3. The molecule has 2 aromatic rings. The van der Waals surface area contributed by atoms with Gasteiger partial charge in [-0.1, -0.05) is 38.1 Å². The Bertz CT molecular complexity index is 1220. The van der Waals surface area contributed by atoms with E-state index in [2.05, 4.69) is 6.07 Å². The van der Waals surface area contributed by atoms with E-state index < -0.39 is 5.92 Å². The Morgan fingerprint density at radius 3 is 2.67 bits per heavy atom. The number of benzene rings is 2. The van der Waals surface area contributed by atoms with Gasteiger partial charge in [0.2, 0.25) is 5.88 Å². The number of Topliss-reactive ketones (excluding diaryl/α,β-unsaturated/α-hetero) is 1. The van der Waals surface area contributed by atoms with Crippen molar-refractivity contribution in [3.8, 4) is 17.6 Å². The van der Waals surface area contributed by atoms with Gasteiger partial charge in [0.1, 0.15) is 29.8 Å². The molecule has 1 aliphatic heterocycles. The first-order valence-electron chi connectivity index (χ1n) is 10.6. The normalized spacial score (nSPS) is 19.5. The molecule has 0 saturated carbocycles. The fourth-order valence-electron chi connectivity index (χ4n) is 4.37. The molecule has 1 heterocycles. The van der Waals surface area contributed by atoms with E-state index in [4.69, 9.17) is 19.9 Å². The molecule has 0 saturated heterocycles. The maximum atomic E-state index is 13.9. The molecule has 0 bridgehead atoms. The van der Waals surface area contributed by atoms with Gasteiger partial charge in [0, 0.05) is 24.0 Å². The number of carbonyl (C=O) groups is 1. The number of ether oxygens (including phenoxy) is 3. The lowest BCUT2D eigenvalue weighted by atomic mass is 9.70. The van der Waals surface area contributed by atoms with Crippen molar-refractivity contribution in [3.05, 3.63) is 82.2 Å². The van der Waals surface area contributed by atoms with Gasteiger partial charge in [-0.3, -0.25) is 4.79 Å². The van der Waals surface area contributed by atoms with Crippen molar-refractivity contribution in [1.82, 2.24) is 0 Å². The van der Waals surface area contributed by atoms with Crippen molar-refractivity contribution in [2.24, 2.45) is 11.1 Å². The van der Waals surface area contributed by atoms with Gasteiger partial charge in [-0.05, 0) is 29.2 Å². The summed E-state index contributed by atoms with van der Waals surface area (Å²) >= 11 is 0. The zero-order valence-corrected chi connectivity index (χ0v) is 18.8. The van der Waals surface area contributed by atoms with Crippen LogP contribution in [0.3, 0.4) is 0 Å². The van der Waals surface area contributed by atoms with Crippen LogP contribution in [0.1, 0.15) is 43.7 Å². The van der Waals surface area contributed by atoms with Crippen molar-refractivity contribution in [2.75, 3.05) is 7.11 Å². The Morgan fingerprint density at radius 1 is 1.21 bits per heavy atom. The molecule has 2 aromatic carbocycles. The minimum absolute atomic E-state index is 0.00518. The molecule has 2 N–H and O–H groups in total. The largest absolute Gasteiger partial charge is 0.493 e. The topological polar surface area (TPSA) is 94.6 Å². The number of nitrogens with two attached hydrogens (primary N) is 1. The van der Waals surface area contributed by atoms with Crippen LogP contribution in [0.4, 0.5) is 4.39 Å². The minimum atomic E-state index is -0.656. The zero-order valence-electron chi connectivity index (χ0n) is 18.8. The van der Waals surface area contributed by atoms with Gasteiger partial charge in [0.05, 0.1) is 13.0 Å². The number of nitriles is 1. The van der Waals surface area contributed by atoms with Crippen molar-refractivity contribution >= 4 is 5.78 Å². The van der Waals surface area contributed by atoms with E-state index in [1.165, 1.54) is 13.2 Å². The maximum Gasteiger partial charge on any atom is 0.205 e. The smallest absolute Gasteiger partial charge is 0.205 e. The summed E-state index contributed by atoms with van der Waals surface area (Å²) in [5.74, 6) is 0.256. The maximum absolute atomic E-state index is 13.9. The molecular weight excluding hydrogens is 423 g/mol. The van der Waals surface area contributed by atoms with Crippen LogP contribution in [-0.4, -0.2) is 12.9 Å². The molecule has 0 radical (unpaired) electrons. The quantitative estimate of drug-likeness (QED) is 0.702. The number of allylic oxidation sites excluding steroid dienone is 3. The van der Waals surface area contributed by atoms with Crippen molar-refractivity contribution in [2.45, 2.75) is 39.2 Å². The van der Waals surface area contributed by atoms with E-state index in [1.54, 1.807) is 36.4 Å². The summed E-state index contributed by atoms with van der Waals surface area (Å²) < 4.78 is 31.0. The van der Waals surface area contributed by atoms with Crippen LogP contribution in [0.15, 0.2) is 65.3 Å². The Balaban J connectivity index is 1.71. The molecule has 4 rings (SSSR count). The number of hydrogen-bond acceptors (Lipinski definition) is 6. The highest BCUT2D eigenvalue weighted by molar-refractivity contribution is 6.00. The van der Waals surface area contributed by atoms with E-state index in [0.717, 1.165) is 0 Å². The fourth-order valence-corrected chi connectivity index (χ4v) is 4.37. The van der Waals surface area contributed by atoms with Crippen molar-refractivity contribution in [3.63, 3.8) is 0 Å². The summed E-state index contributed by atoms with van der Waals surface area (Å²) in [6.45, 7) is 4.02. The highest BCUT2D eigenvalue weighted by Gasteiger charge is 2.43. The average Bonchev–Trinajstić information content (AvgIpc) is 2.76. The van der Waals surface area contributed by atoms with Gasteiger partial charge in [0.15, 0.2) is 17.3 Å². The third-order valence-electron chi connectivity index (χ3n) is 5.94. The molecule has 170 valence electrons. The van der Waals surface area contributed by atoms with E-state index in [1.807, 2.05) is 13.8 Å². The van der Waals surface area contributed by atoms with Gasteiger partial charge < -0.3 is 19.9 Å². The molecule has 33 heavy (non-hydrogen) atoms. The molecule has 1 aliphatic carbocycles. The van der Waals surface area contributed by atoms with Crippen LogP contribution in [-0.2, 0) is 16.1 Å². The van der Waals surface area contributed by atoms with E-state index in [9.17, 15) is 14.4 Å². The third kappa shape index (κ3) is 4.29. The van der Waals surface area contributed by atoms with Crippen LogP contribution in [0.25, 0.3) is 0 Å². The first kappa shape index (κ1) is 22.4. The number of ketones is 1. The Hall–Kier alpha value is -3.79. The second-order valence-electron chi connectivity index (χ2n) is 8.99. The molecular formula is C26H25FN2O4. The summed E-state index contributed by atoms with van der Waals surface area (Å²) in [4.78, 5) is 13.1. The first-order chi connectivity index (χ1) is 15.7. The summed E-state index contributed by atoms with van der Waals surface area (Å²) in [5.41, 5.74) is 7.55. The van der Waals surface area contributed by atoms with E-state index in [-0.39, 0.29) is 35.1 Å². The highest BCUT2D eigenvalue weighted by atomic mass is 19.1. The predicted molar refractivity (Wildman–Crippen MR) is 119 cm³/mol. The molecule has 6 nitrogen and oxygen atoms in total.